The summed E-state index contributed by atoms with van der Waals surface area (Å²) in [5.41, 5.74) is 8.48. The molecule has 4 N–H and O–H groups in total. The molecule has 6 heterocycles. The second-order valence-electron chi connectivity index (χ2n) is 10.7. The lowest BCUT2D eigenvalue weighted by Gasteiger charge is -2.39. The van der Waals surface area contributed by atoms with Crippen LogP contribution >= 0.6 is 0 Å². The molecule has 3 aromatic rings. The van der Waals surface area contributed by atoms with Crippen molar-refractivity contribution in [1.29, 1.82) is 0 Å². The molecule has 37 heavy (non-hydrogen) atoms. The van der Waals surface area contributed by atoms with Gasteiger partial charge in [-0.15, -0.1) is 0 Å². The summed E-state index contributed by atoms with van der Waals surface area (Å²) in [7, 11) is -3.39. The molecule has 3 aromatic heterocycles. The van der Waals surface area contributed by atoms with E-state index in [1.54, 1.807) is 6.07 Å². The number of hydrogen-bond donors (Lipinski definition) is 4. The molecule has 3 aliphatic rings. The predicted octanol–water partition coefficient (Wildman–Crippen LogP) is 2.66. The third kappa shape index (κ3) is 5.26. The van der Waals surface area contributed by atoms with Crippen molar-refractivity contribution in [2.45, 2.75) is 80.8 Å². The molecule has 3 saturated heterocycles. The second-order valence-corrected chi connectivity index (χ2v) is 12.7. The molecule has 2 bridgehead atoms. The van der Waals surface area contributed by atoms with Gasteiger partial charge in [-0.25, -0.2) is 18.8 Å². The molecule has 0 aliphatic carbocycles. The first-order chi connectivity index (χ1) is 17.8. The third-order valence-corrected chi connectivity index (χ3v) is 8.92. The Balaban J connectivity index is 1.26. The van der Waals surface area contributed by atoms with Crippen LogP contribution in [0, 0.1) is 0 Å². The number of nitrogens with zero attached hydrogens (tertiary/aromatic N) is 4. The zero-order valence-electron chi connectivity index (χ0n) is 21.2. The molecular formula is C26H34N8O2S. The number of pyridine rings is 3. The minimum atomic E-state index is -3.39. The number of anilines is 2. The lowest BCUT2D eigenvalue weighted by atomic mass is 9.96. The van der Waals surface area contributed by atoms with E-state index in [0.717, 1.165) is 31.2 Å². The van der Waals surface area contributed by atoms with Gasteiger partial charge in [0.25, 0.3) is 0 Å². The molecule has 3 fully saturated rings. The summed E-state index contributed by atoms with van der Waals surface area (Å²) < 4.78 is 24.5. The van der Waals surface area contributed by atoms with Crippen LogP contribution in [-0.4, -0.2) is 64.9 Å². The maximum absolute atomic E-state index is 12.3. The predicted molar refractivity (Wildman–Crippen MR) is 144 cm³/mol. The van der Waals surface area contributed by atoms with Gasteiger partial charge in [0.05, 0.1) is 16.6 Å². The van der Waals surface area contributed by atoms with Crippen LogP contribution in [0.15, 0.2) is 47.8 Å². The highest BCUT2D eigenvalue weighted by Crippen LogP contribution is 2.38. The first-order valence-corrected chi connectivity index (χ1v) is 14.9. The zero-order chi connectivity index (χ0) is 25.6. The average Bonchev–Trinajstić information content (AvgIpc) is 3.37. The van der Waals surface area contributed by atoms with Crippen molar-refractivity contribution < 1.29 is 8.42 Å². The Morgan fingerprint density at radius 1 is 1.05 bits per heavy atom. The van der Waals surface area contributed by atoms with Gasteiger partial charge in [0, 0.05) is 67.0 Å². The van der Waals surface area contributed by atoms with Crippen LogP contribution in [0.4, 0.5) is 11.6 Å². The van der Waals surface area contributed by atoms with Crippen molar-refractivity contribution in [3.8, 4) is 0 Å². The van der Waals surface area contributed by atoms with Crippen molar-refractivity contribution in [3.63, 3.8) is 0 Å². The highest BCUT2D eigenvalue weighted by Gasteiger charge is 2.40. The van der Waals surface area contributed by atoms with Crippen molar-refractivity contribution in [2.75, 3.05) is 16.9 Å². The van der Waals surface area contributed by atoms with Gasteiger partial charge in [-0.1, -0.05) is 0 Å². The largest absolute Gasteiger partial charge is 0.367 e. The molecule has 3 aliphatic heterocycles. The highest BCUT2D eigenvalue weighted by atomic mass is 32.2. The number of sulfone groups is 1. The van der Waals surface area contributed by atoms with E-state index in [0.29, 0.717) is 35.3 Å². The van der Waals surface area contributed by atoms with E-state index in [1.165, 1.54) is 30.9 Å². The van der Waals surface area contributed by atoms with Crippen molar-refractivity contribution in [3.05, 3.63) is 48.4 Å². The van der Waals surface area contributed by atoms with Crippen molar-refractivity contribution in [1.82, 2.24) is 30.7 Å². The minimum Gasteiger partial charge on any atom is -0.367 e. The van der Waals surface area contributed by atoms with E-state index in [4.69, 9.17) is 4.98 Å². The average molecular weight is 523 g/mol. The normalized spacial score (nSPS) is 28.0. The van der Waals surface area contributed by atoms with E-state index in [9.17, 15) is 8.42 Å². The summed E-state index contributed by atoms with van der Waals surface area (Å²) in [6.07, 6.45) is 11.8. The molecule has 0 amide bonds. The Morgan fingerprint density at radius 3 is 2.49 bits per heavy atom. The van der Waals surface area contributed by atoms with Crippen LogP contribution in [0.3, 0.4) is 0 Å². The quantitative estimate of drug-likeness (QED) is 0.368. The lowest BCUT2D eigenvalue weighted by Crippen LogP contribution is -2.46. The van der Waals surface area contributed by atoms with E-state index >= 15 is 0 Å². The number of fused-ring (bicyclic) bond motifs is 3. The fourth-order valence-electron chi connectivity index (χ4n) is 6.02. The SMILES string of the molecule is CC1CC(Nc2cc3ncc(S(C)(=O)=O)cc3c(NC3C[C@H]4CC[C@@H](C3)N4Cc3ccncc3)n2)NN1. The smallest absolute Gasteiger partial charge is 0.177 e. The standard InChI is InChI=1S/C26H34N8O2S/c1-16-9-25(33-32-16)30-24-13-23-22(12-21(14-28-23)37(2,35)36)26(31-24)29-18-10-19-3-4-20(11-18)34(19)15-17-5-7-27-8-6-17/h5-8,12-14,16,18-20,25,32-33H,3-4,9-11,15H2,1-2H3,(H2,29,30,31)/t16?,18?,19-,20+,25?. The number of rotatable bonds is 7. The Morgan fingerprint density at radius 2 is 1.81 bits per heavy atom. The van der Waals surface area contributed by atoms with Gasteiger partial charge in [-0.3, -0.25) is 20.3 Å². The number of hydrazine groups is 1. The Kier molecular flexibility index (Phi) is 6.47. The van der Waals surface area contributed by atoms with Gasteiger partial charge in [0.15, 0.2) is 9.84 Å². The molecule has 6 rings (SSSR count). The summed E-state index contributed by atoms with van der Waals surface area (Å²) in [4.78, 5) is 16.4. The zero-order valence-corrected chi connectivity index (χ0v) is 22.0. The monoisotopic (exact) mass is 522 g/mol. The first kappa shape index (κ1) is 24.5. The van der Waals surface area contributed by atoms with Gasteiger partial charge < -0.3 is 10.6 Å². The van der Waals surface area contributed by atoms with Crippen molar-refractivity contribution >= 4 is 32.4 Å². The Bertz CT molecular complexity index is 1370. The van der Waals surface area contributed by atoms with Crippen LogP contribution in [0.1, 0.15) is 44.6 Å². The van der Waals surface area contributed by atoms with Crippen molar-refractivity contribution in [2.24, 2.45) is 0 Å². The Labute approximate surface area is 217 Å². The maximum Gasteiger partial charge on any atom is 0.177 e. The molecule has 10 nitrogen and oxygen atoms in total. The van der Waals surface area contributed by atoms with Crippen LogP contribution < -0.4 is 21.5 Å². The van der Waals surface area contributed by atoms with Gasteiger partial charge in [-0.05, 0) is 62.8 Å². The van der Waals surface area contributed by atoms with Crippen LogP contribution in [0.2, 0.25) is 0 Å². The van der Waals surface area contributed by atoms with E-state index in [1.807, 2.05) is 18.5 Å². The summed E-state index contributed by atoms with van der Waals surface area (Å²) >= 11 is 0. The summed E-state index contributed by atoms with van der Waals surface area (Å²) in [6.45, 7) is 3.08. The van der Waals surface area contributed by atoms with Gasteiger partial charge in [0.1, 0.15) is 11.6 Å². The fraction of sp³-hybridized carbons (Fsp3) is 0.500. The van der Waals surface area contributed by atoms with E-state index < -0.39 is 9.84 Å². The first-order valence-electron chi connectivity index (χ1n) is 13.0. The molecule has 0 spiro atoms. The molecule has 11 heteroatoms. The molecule has 196 valence electrons. The molecular weight excluding hydrogens is 488 g/mol. The minimum absolute atomic E-state index is 0.0513. The van der Waals surface area contributed by atoms with Crippen LogP contribution in [-0.2, 0) is 16.4 Å². The highest BCUT2D eigenvalue weighted by molar-refractivity contribution is 7.90. The summed E-state index contributed by atoms with van der Waals surface area (Å²) in [6, 6.07) is 9.41. The molecule has 5 atom stereocenters. The van der Waals surface area contributed by atoms with E-state index in [2.05, 4.69) is 55.4 Å². The second kappa shape index (κ2) is 9.79. The Hall–Kier alpha value is -2.86. The number of hydrogen-bond acceptors (Lipinski definition) is 10. The van der Waals surface area contributed by atoms with Crippen LogP contribution in [0.25, 0.3) is 10.9 Å². The van der Waals surface area contributed by atoms with Gasteiger partial charge in [-0.2, -0.15) is 0 Å². The third-order valence-electron chi connectivity index (χ3n) is 7.84. The maximum atomic E-state index is 12.3. The summed E-state index contributed by atoms with van der Waals surface area (Å²) in [5.74, 6) is 1.39. The number of aromatic nitrogens is 3. The molecule has 3 unspecified atom stereocenters. The molecule has 0 saturated carbocycles. The van der Waals surface area contributed by atoms with Crippen LogP contribution in [0.5, 0.6) is 0 Å². The van der Waals surface area contributed by atoms with Gasteiger partial charge in [0.2, 0.25) is 0 Å². The number of piperidine rings is 1. The molecule has 0 aromatic carbocycles. The fourth-order valence-corrected chi connectivity index (χ4v) is 6.60. The lowest BCUT2D eigenvalue weighted by molar-refractivity contribution is 0.124. The van der Waals surface area contributed by atoms with E-state index in [-0.39, 0.29) is 17.1 Å². The molecule has 0 radical (unpaired) electrons. The topological polar surface area (TPSA) is 124 Å². The van der Waals surface area contributed by atoms with Gasteiger partial charge >= 0.3 is 0 Å². The number of nitrogens with one attached hydrogen (secondary N) is 4. The summed E-state index contributed by atoms with van der Waals surface area (Å²) in [5, 5.41) is 7.88.